The molecule has 0 aromatic heterocycles. The SMILES string of the molecule is CC(=O)NC1C(OCCCCCCNC(=O)CCCC(=O)NCC(C)C)OC(CO)C(O)C1O. The number of nitrogens with one attached hydrogen (secondary N) is 3. The van der Waals surface area contributed by atoms with Crippen LogP contribution in [0.25, 0.3) is 0 Å². The Morgan fingerprint density at radius 1 is 0.941 bits per heavy atom. The van der Waals surface area contributed by atoms with Crippen molar-refractivity contribution in [1.82, 2.24) is 16.0 Å². The summed E-state index contributed by atoms with van der Waals surface area (Å²) in [4.78, 5) is 34.9. The molecular formula is C23H43N3O8. The van der Waals surface area contributed by atoms with Gasteiger partial charge in [0.05, 0.1) is 6.61 Å². The largest absolute Gasteiger partial charge is 0.394 e. The Balaban J connectivity index is 2.14. The van der Waals surface area contributed by atoms with Crippen LogP contribution in [0.1, 0.15) is 65.7 Å². The molecule has 0 aromatic rings. The van der Waals surface area contributed by atoms with Gasteiger partial charge in [-0.2, -0.15) is 0 Å². The van der Waals surface area contributed by atoms with Gasteiger partial charge >= 0.3 is 0 Å². The first-order chi connectivity index (χ1) is 16.1. The Hall–Kier alpha value is -1.79. The second-order valence-corrected chi connectivity index (χ2v) is 9.12. The molecule has 0 aromatic carbocycles. The second-order valence-electron chi connectivity index (χ2n) is 9.12. The monoisotopic (exact) mass is 489 g/mol. The topological polar surface area (TPSA) is 166 Å². The lowest BCUT2D eigenvalue weighted by molar-refractivity contribution is -0.270. The van der Waals surface area contributed by atoms with E-state index in [9.17, 15) is 29.7 Å². The van der Waals surface area contributed by atoms with Gasteiger partial charge in [0.1, 0.15) is 24.4 Å². The molecule has 11 nitrogen and oxygen atoms in total. The molecule has 6 N–H and O–H groups in total. The number of ether oxygens (including phenoxy) is 2. The van der Waals surface area contributed by atoms with Gasteiger partial charge in [-0.1, -0.05) is 26.7 Å². The highest BCUT2D eigenvalue weighted by atomic mass is 16.7. The Labute approximate surface area is 202 Å². The molecule has 11 heteroatoms. The van der Waals surface area contributed by atoms with Crippen LogP contribution >= 0.6 is 0 Å². The van der Waals surface area contributed by atoms with Crippen LogP contribution in [0.15, 0.2) is 0 Å². The predicted octanol–water partition coefficient (Wildman–Crippen LogP) is -0.434. The third kappa shape index (κ3) is 12.1. The molecule has 5 atom stereocenters. The molecule has 1 saturated heterocycles. The lowest BCUT2D eigenvalue weighted by Gasteiger charge is -2.42. The molecule has 1 rings (SSSR count). The third-order valence-corrected chi connectivity index (χ3v) is 5.44. The number of hydrogen-bond acceptors (Lipinski definition) is 8. The van der Waals surface area contributed by atoms with Crippen molar-refractivity contribution in [2.24, 2.45) is 5.92 Å². The number of aliphatic hydroxyl groups is 3. The van der Waals surface area contributed by atoms with E-state index in [-0.39, 0.29) is 11.8 Å². The molecule has 198 valence electrons. The minimum atomic E-state index is -1.33. The van der Waals surface area contributed by atoms with Crippen LogP contribution in [0, 0.1) is 5.92 Å². The van der Waals surface area contributed by atoms with Crippen LogP contribution in [0.5, 0.6) is 0 Å². The molecule has 0 spiro atoms. The van der Waals surface area contributed by atoms with E-state index in [1.54, 1.807) is 0 Å². The van der Waals surface area contributed by atoms with E-state index in [1.807, 2.05) is 13.8 Å². The number of carbonyl (C=O) groups is 3. The molecule has 5 unspecified atom stereocenters. The fourth-order valence-corrected chi connectivity index (χ4v) is 3.53. The van der Waals surface area contributed by atoms with Gasteiger partial charge in [-0.3, -0.25) is 14.4 Å². The van der Waals surface area contributed by atoms with E-state index in [2.05, 4.69) is 16.0 Å². The van der Waals surface area contributed by atoms with Crippen molar-refractivity contribution < 1.29 is 39.2 Å². The zero-order chi connectivity index (χ0) is 25.5. The van der Waals surface area contributed by atoms with Crippen molar-refractivity contribution in [3.8, 4) is 0 Å². The molecule has 0 aliphatic carbocycles. The lowest BCUT2D eigenvalue weighted by Crippen LogP contribution is -2.64. The zero-order valence-corrected chi connectivity index (χ0v) is 20.6. The van der Waals surface area contributed by atoms with Gasteiger partial charge < -0.3 is 40.7 Å². The van der Waals surface area contributed by atoms with Crippen LogP contribution in [0.3, 0.4) is 0 Å². The Morgan fingerprint density at radius 3 is 2.21 bits per heavy atom. The van der Waals surface area contributed by atoms with E-state index < -0.39 is 43.2 Å². The number of unbranched alkanes of at least 4 members (excludes halogenated alkanes) is 3. The molecular weight excluding hydrogens is 446 g/mol. The number of rotatable bonds is 16. The highest BCUT2D eigenvalue weighted by molar-refractivity contribution is 5.78. The minimum absolute atomic E-state index is 0.0247. The van der Waals surface area contributed by atoms with Gasteiger partial charge in [-0.05, 0) is 25.2 Å². The summed E-state index contributed by atoms with van der Waals surface area (Å²) in [5.41, 5.74) is 0. The summed E-state index contributed by atoms with van der Waals surface area (Å²) in [6.45, 7) is 6.39. The van der Waals surface area contributed by atoms with Gasteiger partial charge in [-0.15, -0.1) is 0 Å². The van der Waals surface area contributed by atoms with Crippen molar-refractivity contribution in [3.05, 3.63) is 0 Å². The van der Waals surface area contributed by atoms with E-state index in [1.165, 1.54) is 6.92 Å². The molecule has 0 radical (unpaired) electrons. The minimum Gasteiger partial charge on any atom is -0.394 e. The average molecular weight is 490 g/mol. The van der Waals surface area contributed by atoms with Crippen molar-refractivity contribution >= 4 is 17.7 Å². The van der Waals surface area contributed by atoms with Gasteiger partial charge in [-0.25, -0.2) is 0 Å². The number of aliphatic hydroxyl groups excluding tert-OH is 3. The summed E-state index contributed by atoms with van der Waals surface area (Å²) >= 11 is 0. The summed E-state index contributed by atoms with van der Waals surface area (Å²) < 4.78 is 11.2. The van der Waals surface area contributed by atoms with Gasteiger partial charge in [0.15, 0.2) is 6.29 Å². The maximum Gasteiger partial charge on any atom is 0.220 e. The molecule has 3 amide bonds. The Kier molecular flexibility index (Phi) is 14.9. The molecule has 1 aliphatic rings. The summed E-state index contributed by atoms with van der Waals surface area (Å²) in [6.07, 6.45) is -0.191. The summed E-state index contributed by atoms with van der Waals surface area (Å²) in [5.74, 6) is -0.0751. The normalized spacial score (nSPS) is 24.6. The van der Waals surface area contributed by atoms with Crippen LogP contribution in [-0.4, -0.2) is 90.0 Å². The third-order valence-electron chi connectivity index (χ3n) is 5.44. The van der Waals surface area contributed by atoms with Gasteiger partial charge in [0.25, 0.3) is 0 Å². The maximum atomic E-state index is 11.8. The van der Waals surface area contributed by atoms with Crippen LogP contribution in [-0.2, 0) is 23.9 Å². The van der Waals surface area contributed by atoms with Crippen LogP contribution in [0.2, 0.25) is 0 Å². The summed E-state index contributed by atoms with van der Waals surface area (Å²) in [7, 11) is 0. The Bertz CT molecular complexity index is 619. The lowest BCUT2D eigenvalue weighted by atomic mass is 9.97. The molecule has 1 aliphatic heterocycles. The first-order valence-electron chi connectivity index (χ1n) is 12.2. The van der Waals surface area contributed by atoms with E-state index >= 15 is 0 Å². The maximum absolute atomic E-state index is 11.8. The molecule has 34 heavy (non-hydrogen) atoms. The average Bonchev–Trinajstić information content (AvgIpc) is 2.78. The predicted molar refractivity (Wildman–Crippen MR) is 124 cm³/mol. The fraction of sp³-hybridized carbons (Fsp3) is 0.870. The van der Waals surface area contributed by atoms with Crippen molar-refractivity contribution in [3.63, 3.8) is 0 Å². The number of hydrogen-bond donors (Lipinski definition) is 6. The van der Waals surface area contributed by atoms with Gasteiger partial charge in [0, 0.05) is 39.5 Å². The number of carbonyl (C=O) groups excluding carboxylic acids is 3. The van der Waals surface area contributed by atoms with Gasteiger partial charge in [0.2, 0.25) is 17.7 Å². The van der Waals surface area contributed by atoms with E-state index in [4.69, 9.17) is 9.47 Å². The van der Waals surface area contributed by atoms with Crippen LogP contribution in [0.4, 0.5) is 0 Å². The van der Waals surface area contributed by atoms with Crippen molar-refractivity contribution in [2.45, 2.75) is 96.4 Å². The first-order valence-corrected chi connectivity index (χ1v) is 12.2. The summed E-state index contributed by atoms with van der Waals surface area (Å²) in [5, 5.41) is 37.8. The molecule has 0 bridgehead atoms. The second kappa shape index (κ2) is 16.8. The highest BCUT2D eigenvalue weighted by Crippen LogP contribution is 2.22. The van der Waals surface area contributed by atoms with E-state index in [0.29, 0.717) is 51.3 Å². The molecule has 1 heterocycles. The van der Waals surface area contributed by atoms with Crippen molar-refractivity contribution in [1.29, 1.82) is 0 Å². The fourth-order valence-electron chi connectivity index (χ4n) is 3.53. The summed E-state index contributed by atoms with van der Waals surface area (Å²) in [6, 6.07) is -0.938. The molecule has 1 fully saturated rings. The first kappa shape index (κ1) is 30.2. The quantitative estimate of drug-likeness (QED) is 0.159. The van der Waals surface area contributed by atoms with E-state index in [0.717, 1.165) is 19.3 Å². The smallest absolute Gasteiger partial charge is 0.220 e. The standard InChI is InChI=1S/C23H43N3O8/c1-15(2)13-25-19(30)10-8-9-18(29)24-11-6-4-5-7-12-33-23-20(26-16(3)28)22(32)21(31)17(14-27)34-23/h15,17,20-23,27,31-32H,4-14H2,1-3H3,(H,24,29)(H,25,30)(H,26,28). The zero-order valence-electron chi connectivity index (χ0n) is 20.6. The highest BCUT2D eigenvalue weighted by Gasteiger charge is 2.45. The molecule has 0 saturated carbocycles. The Morgan fingerprint density at radius 2 is 1.59 bits per heavy atom. The number of amides is 3. The van der Waals surface area contributed by atoms with Crippen LogP contribution < -0.4 is 16.0 Å². The van der Waals surface area contributed by atoms with Crippen molar-refractivity contribution in [2.75, 3.05) is 26.3 Å².